The molecule has 0 atom stereocenters. The molecular formula is C12H15ClO4. The van der Waals surface area contributed by atoms with Gasteiger partial charge in [0.15, 0.2) is 11.5 Å². The molecular weight excluding hydrogens is 244 g/mol. The summed E-state index contributed by atoms with van der Waals surface area (Å²) in [6.07, 6.45) is -0.132. The Hall–Kier alpha value is -1.42. The van der Waals surface area contributed by atoms with Crippen molar-refractivity contribution in [2.24, 2.45) is 0 Å². The fourth-order valence-corrected chi connectivity index (χ4v) is 2.23. The average molecular weight is 259 g/mol. The highest BCUT2D eigenvalue weighted by atomic mass is 35.5. The molecule has 0 saturated carbocycles. The minimum Gasteiger partial charge on any atom is -0.504 e. The van der Waals surface area contributed by atoms with E-state index in [0.29, 0.717) is 10.6 Å². The summed E-state index contributed by atoms with van der Waals surface area (Å²) in [5, 5.41) is 19.2. The van der Waals surface area contributed by atoms with Crippen LogP contribution < -0.4 is 4.74 Å². The van der Waals surface area contributed by atoms with Crippen LogP contribution in [0.15, 0.2) is 12.1 Å². The number of carboxylic acids is 1. The molecule has 0 saturated heterocycles. The Kier molecular flexibility index (Phi) is 3.88. The maximum Gasteiger partial charge on any atom is 0.304 e. The number of aromatic hydroxyl groups is 1. The van der Waals surface area contributed by atoms with Crippen molar-refractivity contribution in [1.29, 1.82) is 0 Å². The first-order valence-corrected chi connectivity index (χ1v) is 5.45. The molecule has 17 heavy (non-hydrogen) atoms. The SMILES string of the molecule is COc1ccc(Cl)c(C(C)(C)CC(=O)O)c1O. The van der Waals surface area contributed by atoms with E-state index in [9.17, 15) is 9.90 Å². The maximum absolute atomic E-state index is 10.8. The summed E-state index contributed by atoms with van der Waals surface area (Å²) in [6.45, 7) is 3.42. The number of phenols is 1. The highest BCUT2D eigenvalue weighted by molar-refractivity contribution is 6.31. The lowest BCUT2D eigenvalue weighted by molar-refractivity contribution is -0.138. The van der Waals surface area contributed by atoms with Crippen molar-refractivity contribution in [3.05, 3.63) is 22.7 Å². The largest absolute Gasteiger partial charge is 0.504 e. The molecule has 0 aliphatic rings. The molecule has 0 bridgehead atoms. The van der Waals surface area contributed by atoms with Crippen LogP contribution in [0, 0.1) is 0 Å². The van der Waals surface area contributed by atoms with Gasteiger partial charge in [-0.2, -0.15) is 0 Å². The molecule has 0 amide bonds. The molecule has 0 aromatic heterocycles. The molecule has 5 heteroatoms. The summed E-state index contributed by atoms with van der Waals surface area (Å²) >= 11 is 6.02. The van der Waals surface area contributed by atoms with E-state index in [1.807, 2.05) is 0 Å². The third-order valence-electron chi connectivity index (χ3n) is 2.58. The molecule has 0 unspecified atom stereocenters. The van der Waals surface area contributed by atoms with Crippen molar-refractivity contribution in [1.82, 2.24) is 0 Å². The fourth-order valence-electron chi connectivity index (χ4n) is 1.82. The van der Waals surface area contributed by atoms with Crippen LogP contribution in [0.2, 0.25) is 5.02 Å². The lowest BCUT2D eigenvalue weighted by Gasteiger charge is -2.26. The van der Waals surface area contributed by atoms with Gasteiger partial charge in [-0.25, -0.2) is 0 Å². The van der Waals surface area contributed by atoms with E-state index in [4.69, 9.17) is 21.4 Å². The Balaban J connectivity index is 3.33. The van der Waals surface area contributed by atoms with Gasteiger partial charge in [0.05, 0.1) is 13.5 Å². The average Bonchev–Trinajstić information content (AvgIpc) is 2.15. The van der Waals surface area contributed by atoms with E-state index in [1.54, 1.807) is 19.9 Å². The molecule has 1 rings (SSSR count). The van der Waals surface area contributed by atoms with Crippen molar-refractivity contribution in [2.75, 3.05) is 7.11 Å². The number of ether oxygens (including phenoxy) is 1. The van der Waals surface area contributed by atoms with Crippen LogP contribution in [0.1, 0.15) is 25.8 Å². The molecule has 0 heterocycles. The van der Waals surface area contributed by atoms with Gasteiger partial charge in [0.1, 0.15) is 0 Å². The minimum absolute atomic E-state index is 0.105. The van der Waals surface area contributed by atoms with E-state index >= 15 is 0 Å². The first kappa shape index (κ1) is 13.6. The summed E-state index contributed by atoms with van der Waals surface area (Å²) < 4.78 is 4.98. The third-order valence-corrected chi connectivity index (χ3v) is 2.89. The van der Waals surface area contributed by atoms with E-state index in [1.165, 1.54) is 13.2 Å². The zero-order valence-electron chi connectivity index (χ0n) is 9.95. The van der Waals surface area contributed by atoms with E-state index in [0.717, 1.165) is 0 Å². The molecule has 0 spiro atoms. The molecule has 94 valence electrons. The van der Waals surface area contributed by atoms with Crippen LogP contribution in [0.5, 0.6) is 11.5 Å². The van der Waals surface area contributed by atoms with Gasteiger partial charge in [0.25, 0.3) is 0 Å². The van der Waals surface area contributed by atoms with Crippen LogP contribution in [-0.4, -0.2) is 23.3 Å². The smallest absolute Gasteiger partial charge is 0.304 e. The number of phenolic OH excluding ortho intramolecular Hbond substituents is 1. The quantitative estimate of drug-likeness (QED) is 0.872. The van der Waals surface area contributed by atoms with Gasteiger partial charge in [-0.05, 0) is 12.1 Å². The Morgan fingerprint density at radius 3 is 2.53 bits per heavy atom. The molecule has 1 aromatic rings. The molecule has 0 radical (unpaired) electrons. The van der Waals surface area contributed by atoms with Crippen molar-refractivity contribution in [3.8, 4) is 11.5 Å². The molecule has 0 aliphatic heterocycles. The summed E-state index contributed by atoms with van der Waals surface area (Å²) in [6, 6.07) is 3.12. The van der Waals surface area contributed by atoms with Crippen molar-refractivity contribution < 1.29 is 19.7 Å². The number of methoxy groups -OCH3 is 1. The summed E-state index contributed by atoms with van der Waals surface area (Å²) in [5.74, 6) is -0.776. The van der Waals surface area contributed by atoms with Crippen molar-refractivity contribution in [3.63, 3.8) is 0 Å². The highest BCUT2D eigenvalue weighted by Crippen LogP contribution is 2.43. The normalized spacial score (nSPS) is 11.3. The number of carbonyl (C=O) groups is 1. The summed E-state index contributed by atoms with van der Waals surface area (Å²) in [5.41, 5.74) is -0.387. The third kappa shape index (κ3) is 2.82. The number of carboxylic acid groups (broad SMARTS) is 1. The van der Waals surface area contributed by atoms with Gasteiger partial charge in [-0.1, -0.05) is 25.4 Å². The van der Waals surface area contributed by atoms with Crippen LogP contribution in [0.3, 0.4) is 0 Å². The second-order valence-electron chi connectivity index (χ2n) is 4.43. The standard InChI is InChI=1S/C12H15ClO4/c1-12(2,6-9(14)15)10-7(13)4-5-8(17-3)11(10)16/h4-5,16H,6H2,1-3H3,(H,14,15). The summed E-state index contributed by atoms with van der Waals surface area (Å²) in [7, 11) is 1.43. The van der Waals surface area contributed by atoms with Gasteiger partial charge >= 0.3 is 5.97 Å². The van der Waals surface area contributed by atoms with Gasteiger partial charge in [-0.3, -0.25) is 4.79 Å². The number of aliphatic carboxylic acids is 1. The molecule has 4 nitrogen and oxygen atoms in total. The van der Waals surface area contributed by atoms with Gasteiger partial charge in [0, 0.05) is 16.0 Å². The van der Waals surface area contributed by atoms with Crippen molar-refractivity contribution >= 4 is 17.6 Å². The lowest BCUT2D eigenvalue weighted by atomic mass is 9.81. The number of rotatable bonds is 4. The van der Waals surface area contributed by atoms with E-state index < -0.39 is 11.4 Å². The highest BCUT2D eigenvalue weighted by Gasteiger charge is 2.30. The first-order valence-electron chi connectivity index (χ1n) is 5.07. The zero-order chi connectivity index (χ0) is 13.2. The van der Waals surface area contributed by atoms with E-state index in [-0.39, 0.29) is 17.9 Å². The first-order chi connectivity index (χ1) is 7.79. The Labute approximate surface area is 105 Å². The Bertz CT molecular complexity index is 440. The number of hydrogen-bond donors (Lipinski definition) is 2. The molecule has 0 fully saturated rings. The topological polar surface area (TPSA) is 66.8 Å². The predicted molar refractivity (Wildman–Crippen MR) is 64.9 cm³/mol. The van der Waals surface area contributed by atoms with Gasteiger partial charge in [0.2, 0.25) is 0 Å². The Morgan fingerprint density at radius 1 is 1.47 bits per heavy atom. The maximum atomic E-state index is 10.8. The van der Waals surface area contributed by atoms with Crippen LogP contribution in [0.25, 0.3) is 0 Å². The molecule has 1 aromatic carbocycles. The van der Waals surface area contributed by atoms with Crippen LogP contribution >= 0.6 is 11.6 Å². The monoisotopic (exact) mass is 258 g/mol. The zero-order valence-corrected chi connectivity index (χ0v) is 10.7. The number of benzene rings is 1. The Morgan fingerprint density at radius 2 is 2.06 bits per heavy atom. The minimum atomic E-state index is -0.951. The second-order valence-corrected chi connectivity index (χ2v) is 4.83. The molecule has 2 N–H and O–H groups in total. The van der Waals surface area contributed by atoms with Crippen LogP contribution in [-0.2, 0) is 10.2 Å². The van der Waals surface area contributed by atoms with Gasteiger partial charge in [-0.15, -0.1) is 0 Å². The fraction of sp³-hybridized carbons (Fsp3) is 0.417. The second kappa shape index (κ2) is 4.84. The number of halogens is 1. The van der Waals surface area contributed by atoms with Crippen molar-refractivity contribution in [2.45, 2.75) is 25.7 Å². The van der Waals surface area contributed by atoms with Gasteiger partial charge < -0.3 is 14.9 Å². The lowest BCUT2D eigenvalue weighted by Crippen LogP contribution is -2.22. The van der Waals surface area contributed by atoms with Crippen LogP contribution in [0.4, 0.5) is 0 Å². The number of hydrogen-bond acceptors (Lipinski definition) is 3. The predicted octanol–water partition coefficient (Wildman–Crippen LogP) is 2.81. The molecule has 0 aliphatic carbocycles. The van der Waals surface area contributed by atoms with E-state index in [2.05, 4.69) is 0 Å². The summed E-state index contributed by atoms with van der Waals surface area (Å²) in [4.78, 5) is 10.8.